The van der Waals surface area contributed by atoms with Crippen molar-refractivity contribution in [3.05, 3.63) is 62.6 Å². The van der Waals surface area contributed by atoms with E-state index in [0.717, 1.165) is 44.8 Å². The summed E-state index contributed by atoms with van der Waals surface area (Å²) in [4.78, 5) is 16.7. The molecule has 2 saturated heterocycles. The molecule has 0 radical (unpaired) electrons. The molecular formula is C26H32Cl2N2O2. The molecule has 4 nitrogen and oxygen atoms in total. The van der Waals surface area contributed by atoms with Gasteiger partial charge >= 0.3 is 5.97 Å². The number of anilines is 1. The van der Waals surface area contributed by atoms with Crippen LogP contribution in [0.5, 0.6) is 0 Å². The third kappa shape index (κ3) is 4.64. The second-order valence-corrected chi connectivity index (χ2v) is 10.3. The van der Waals surface area contributed by atoms with Gasteiger partial charge in [-0.05, 0) is 67.1 Å². The molecule has 0 saturated carbocycles. The highest BCUT2D eigenvalue weighted by Crippen LogP contribution is 2.40. The number of methoxy groups -OCH3 is 1. The van der Waals surface area contributed by atoms with Crippen LogP contribution in [-0.4, -0.2) is 44.2 Å². The third-order valence-corrected chi connectivity index (χ3v) is 7.81. The monoisotopic (exact) mass is 474 g/mol. The Labute approximate surface area is 201 Å². The molecule has 172 valence electrons. The number of nitrogens with zero attached hydrogens (tertiary/aromatic N) is 2. The normalized spacial score (nSPS) is 22.0. The number of ether oxygens (including phenoxy) is 1. The third-order valence-electron chi connectivity index (χ3n) is 7.20. The van der Waals surface area contributed by atoms with Crippen LogP contribution in [-0.2, 0) is 16.1 Å². The summed E-state index contributed by atoms with van der Waals surface area (Å²) in [7, 11) is 1.49. The minimum atomic E-state index is -0.0681. The van der Waals surface area contributed by atoms with Crippen LogP contribution >= 0.6 is 23.2 Å². The molecule has 2 aliphatic heterocycles. The van der Waals surface area contributed by atoms with Gasteiger partial charge < -0.3 is 9.64 Å². The minimum absolute atomic E-state index is 0.0222. The Balaban J connectivity index is 1.41. The maximum absolute atomic E-state index is 12.0. The molecular weight excluding hydrogens is 443 g/mol. The van der Waals surface area contributed by atoms with Gasteiger partial charge in [-0.15, -0.1) is 0 Å². The number of hydrogen-bond donors (Lipinski definition) is 0. The Hall–Kier alpha value is -1.75. The smallest absolute Gasteiger partial charge is 0.309 e. The largest absolute Gasteiger partial charge is 0.469 e. The van der Waals surface area contributed by atoms with Crippen molar-refractivity contribution in [1.82, 2.24) is 4.90 Å². The van der Waals surface area contributed by atoms with E-state index < -0.39 is 0 Å². The summed E-state index contributed by atoms with van der Waals surface area (Å²) in [5, 5.41) is 1.42. The van der Waals surface area contributed by atoms with Gasteiger partial charge in [-0.1, -0.05) is 48.3 Å². The van der Waals surface area contributed by atoms with Crippen LogP contribution in [0.15, 0.2) is 30.3 Å². The number of rotatable bonds is 5. The molecule has 0 N–H and O–H groups in total. The van der Waals surface area contributed by atoms with Crippen LogP contribution in [0.1, 0.15) is 41.5 Å². The Kier molecular flexibility index (Phi) is 7.04. The highest BCUT2D eigenvalue weighted by Gasteiger charge is 2.33. The summed E-state index contributed by atoms with van der Waals surface area (Å²) in [6, 6.07) is 10.4. The Morgan fingerprint density at radius 3 is 2.28 bits per heavy atom. The van der Waals surface area contributed by atoms with E-state index in [-0.39, 0.29) is 11.9 Å². The van der Waals surface area contributed by atoms with Crippen molar-refractivity contribution in [3.8, 4) is 0 Å². The highest BCUT2D eigenvalue weighted by atomic mass is 35.5. The lowest BCUT2D eigenvalue weighted by atomic mass is 9.85. The Bertz CT molecular complexity index is 960. The van der Waals surface area contributed by atoms with E-state index >= 15 is 0 Å². The molecule has 0 aliphatic carbocycles. The van der Waals surface area contributed by atoms with E-state index in [1.54, 1.807) is 0 Å². The van der Waals surface area contributed by atoms with Gasteiger partial charge in [-0.25, -0.2) is 0 Å². The molecule has 2 atom stereocenters. The van der Waals surface area contributed by atoms with E-state index in [9.17, 15) is 4.79 Å². The maximum atomic E-state index is 12.0. The number of esters is 1. The number of piperidine rings is 1. The van der Waals surface area contributed by atoms with Crippen molar-refractivity contribution in [2.24, 2.45) is 11.8 Å². The van der Waals surface area contributed by atoms with Crippen molar-refractivity contribution < 1.29 is 9.53 Å². The molecule has 6 heteroatoms. The van der Waals surface area contributed by atoms with E-state index in [0.29, 0.717) is 21.9 Å². The predicted molar refractivity (Wildman–Crippen MR) is 132 cm³/mol. The number of aryl methyl sites for hydroxylation is 2. The molecule has 0 spiro atoms. The Morgan fingerprint density at radius 1 is 1.09 bits per heavy atom. The van der Waals surface area contributed by atoms with Crippen molar-refractivity contribution in [3.63, 3.8) is 0 Å². The molecule has 4 rings (SSSR count). The maximum Gasteiger partial charge on any atom is 0.309 e. The summed E-state index contributed by atoms with van der Waals surface area (Å²) in [6.45, 7) is 11.2. The zero-order valence-corrected chi connectivity index (χ0v) is 20.8. The number of likely N-dealkylation sites (tertiary alicyclic amines) is 1. The molecule has 2 aromatic rings. The molecule has 2 aromatic carbocycles. The second-order valence-electron chi connectivity index (χ2n) is 9.44. The van der Waals surface area contributed by atoms with Crippen LogP contribution in [0, 0.1) is 25.7 Å². The van der Waals surface area contributed by atoms with Crippen LogP contribution < -0.4 is 4.90 Å². The van der Waals surface area contributed by atoms with Gasteiger partial charge in [-0.2, -0.15) is 0 Å². The zero-order chi connectivity index (χ0) is 23.0. The van der Waals surface area contributed by atoms with Crippen molar-refractivity contribution in [2.45, 2.75) is 39.7 Å². The fourth-order valence-electron chi connectivity index (χ4n) is 5.28. The standard InChI is InChI=1S/C26H32Cl2N2O2/c1-16-10-19(20-13-30(14-20)25-23(27)6-5-7-24(25)28)11-17(2)22(16)15-29-9-8-21(18(3)12-29)26(31)32-4/h5-7,10-11,18,20-21H,8-9,12-15H2,1-4H3. The summed E-state index contributed by atoms with van der Waals surface area (Å²) < 4.78 is 4.98. The summed E-state index contributed by atoms with van der Waals surface area (Å²) >= 11 is 12.8. The van der Waals surface area contributed by atoms with Crippen LogP contribution in [0.4, 0.5) is 5.69 Å². The number of benzene rings is 2. The van der Waals surface area contributed by atoms with E-state index in [2.05, 4.69) is 42.7 Å². The molecule has 0 amide bonds. The van der Waals surface area contributed by atoms with E-state index in [4.69, 9.17) is 27.9 Å². The number of halogens is 2. The van der Waals surface area contributed by atoms with Gasteiger partial charge in [-0.3, -0.25) is 9.69 Å². The molecule has 32 heavy (non-hydrogen) atoms. The summed E-state index contributed by atoms with van der Waals surface area (Å²) in [6.07, 6.45) is 0.868. The predicted octanol–water partition coefficient (Wildman–Crippen LogP) is 5.85. The van der Waals surface area contributed by atoms with Gasteiger partial charge in [0, 0.05) is 32.1 Å². The van der Waals surface area contributed by atoms with Crippen molar-refractivity contribution >= 4 is 34.9 Å². The van der Waals surface area contributed by atoms with Gasteiger partial charge in [0.15, 0.2) is 0 Å². The number of carbonyl (C=O) groups excluding carboxylic acids is 1. The first-order valence-electron chi connectivity index (χ1n) is 11.4. The summed E-state index contributed by atoms with van der Waals surface area (Å²) in [5.74, 6) is 0.758. The van der Waals surface area contributed by atoms with Crippen LogP contribution in [0.2, 0.25) is 10.0 Å². The van der Waals surface area contributed by atoms with Crippen molar-refractivity contribution in [1.29, 1.82) is 0 Å². The molecule has 2 heterocycles. The average Bonchev–Trinajstić information content (AvgIpc) is 2.71. The zero-order valence-electron chi connectivity index (χ0n) is 19.3. The quantitative estimate of drug-likeness (QED) is 0.509. The lowest BCUT2D eigenvalue weighted by molar-refractivity contribution is -0.149. The topological polar surface area (TPSA) is 32.8 Å². The summed E-state index contributed by atoms with van der Waals surface area (Å²) in [5.41, 5.74) is 6.43. The van der Waals surface area contributed by atoms with Gasteiger partial charge in [0.05, 0.1) is 28.8 Å². The van der Waals surface area contributed by atoms with Gasteiger partial charge in [0.25, 0.3) is 0 Å². The molecule has 2 aliphatic rings. The Morgan fingerprint density at radius 2 is 1.72 bits per heavy atom. The van der Waals surface area contributed by atoms with Crippen molar-refractivity contribution in [2.75, 3.05) is 38.2 Å². The molecule has 0 aromatic heterocycles. The average molecular weight is 475 g/mol. The van der Waals surface area contributed by atoms with E-state index in [1.165, 1.54) is 29.4 Å². The number of para-hydroxylation sites is 1. The number of carbonyl (C=O) groups is 1. The first-order chi connectivity index (χ1) is 15.3. The lowest BCUT2D eigenvalue weighted by Gasteiger charge is -2.42. The fourth-order valence-corrected chi connectivity index (χ4v) is 5.91. The van der Waals surface area contributed by atoms with Crippen LogP contribution in [0.3, 0.4) is 0 Å². The first kappa shape index (κ1) is 23.4. The second kappa shape index (κ2) is 9.62. The molecule has 2 fully saturated rings. The van der Waals surface area contributed by atoms with Gasteiger partial charge in [0.2, 0.25) is 0 Å². The van der Waals surface area contributed by atoms with Gasteiger partial charge in [0.1, 0.15) is 0 Å². The first-order valence-corrected chi connectivity index (χ1v) is 12.1. The highest BCUT2D eigenvalue weighted by molar-refractivity contribution is 6.39. The lowest BCUT2D eigenvalue weighted by Crippen LogP contribution is -2.45. The minimum Gasteiger partial charge on any atom is -0.469 e. The number of hydrogen-bond acceptors (Lipinski definition) is 4. The molecule has 0 bridgehead atoms. The fraction of sp³-hybridized carbons (Fsp3) is 0.500. The SMILES string of the molecule is COC(=O)C1CCN(Cc2c(C)cc(C3CN(c4c(Cl)cccc4Cl)C3)cc2C)CC1C. The van der Waals surface area contributed by atoms with E-state index in [1.807, 2.05) is 18.2 Å². The molecule has 2 unspecified atom stereocenters. The van der Waals surface area contributed by atoms with Crippen LogP contribution in [0.25, 0.3) is 0 Å².